The summed E-state index contributed by atoms with van der Waals surface area (Å²) in [5.74, 6) is -1.98. The van der Waals surface area contributed by atoms with Crippen LogP contribution in [0, 0.1) is 51.4 Å². The molecule has 0 aromatic heterocycles. The Morgan fingerprint density at radius 1 is 0.389 bits per heavy atom. The number of carboxylic acids is 1. The van der Waals surface area contributed by atoms with Crippen molar-refractivity contribution in [1.29, 1.82) is 0 Å². The number of aliphatic carboxylic acids is 1. The van der Waals surface area contributed by atoms with Crippen molar-refractivity contribution in [3.8, 4) is 44.5 Å². The maximum atomic E-state index is 13.1. The summed E-state index contributed by atoms with van der Waals surface area (Å²) in [6.45, 7) is 7.81. The van der Waals surface area contributed by atoms with Gasteiger partial charge in [-0.1, -0.05) is 97.1 Å². The molecule has 4 aliphatic carbocycles. The zero-order valence-corrected chi connectivity index (χ0v) is 65.4. The fraction of sp³-hybridized carbons (Fsp3) is 0.365. The topological polar surface area (TPSA) is 245 Å². The van der Waals surface area contributed by atoms with E-state index in [1.54, 1.807) is 119 Å². The number of alkyl halides is 12. The Bertz CT molecular complexity index is 4420. The predicted octanol–water partition coefficient (Wildman–Crippen LogP) is 14.5. The molecule has 4 saturated carbocycles. The molecule has 8 aromatic rings. The number of Topliss-reactive ketones (excluding diaryl/α,β-unsaturated/α-hetero) is 2. The zero-order valence-electron chi connectivity index (χ0n) is 64.4. The Kier molecular flexibility index (Phi) is 36.0. The molecule has 12 rings (SSSR count). The van der Waals surface area contributed by atoms with Gasteiger partial charge in [-0.15, -0.1) is 0 Å². The average molecular weight is 1590 g/mol. The molecule has 3 amide bonds. The minimum atomic E-state index is -4.40. The summed E-state index contributed by atoms with van der Waals surface area (Å²) < 4.78 is 156. The van der Waals surface area contributed by atoms with Gasteiger partial charge in [0, 0.05) is 85.1 Å². The molecule has 0 heterocycles. The number of benzene rings is 8. The number of halogens is 12. The minimum Gasteiger partial charge on any atom is -1.00 e. The van der Waals surface area contributed by atoms with Crippen LogP contribution in [0.15, 0.2) is 170 Å². The summed E-state index contributed by atoms with van der Waals surface area (Å²) in [6, 6.07) is 44.6. The van der Waals surface area contributed by atoms with E-state index < -0.39 is 71.1 Å². The third-order valence-electron chi connectivity index (χ3n) is 19.1. The monoisotopic (exact) mass is 1590 g/mol. The standard InChI is InChI=1S/2C21H22F3NO2.C21H20F3NO2.C15H14F3N.C6H8O3.CH4O.B.Na.H/c3*1-13-7-17(10-18(8-13)21(22,23)24)15-4-2-3-14(9-15)12-25-20(27)16-5-6-19(26)11-16;1-10-5-13(8-14(6-10)15(16,17)18)12-4-2-3-11(7-12)9-19;7-5-2-1-4(3-5)6(8)9;1-2;;;/h2*2-4,7-10,16,19,26H,5-6,11-12H2,1H3,(H,25,27);2-4,7-10,16H,5-6,11-12H2,1H3,(H,25,27);2-8H,9,19H2,1H3;4H,1-3H2,(H,8,9);2H,1H3;;;/q;;;;;;;+1;-1. The van der Waals surface area contributed by atoms with Crippen molar-refractivity contribution in [3.63, 3.8) is 0 Å². The van der Waals surface area contributed by atoms with Gasteiger partial charge in [0.05, 0.1) is 40.4 Å². The average Bonchev–Trinajstić information content (AvgIpc) is 1.41. The number of aryl methyl sites for hydroxylation is 4. The van der Waals surface area contributed by atoms with Crippen LogP contribution in [0.25, 0.3) is 44.5 Å². The minimum absolute atomic E-state index is 0. The fourth-order valence-corrected chi connectivity index (χ4v) is 13.4. The molecule has 599 valence electrons. The number of aliphatic hydroxyl groups is 3. The van der Waals surface area contributed by atoms with Crippen molar-refractivity contribution in [1.82, 2.24) is 16.0 Å². The van der Waals surface area contributed by atoms with Gasteiger partial charge in [0.15, 0.2) is 0 Å². The van der Waals surface area contributed by atoms with Gasteiger partial charge >= 0.3 is 60.2 Å². The molecule has 3 radical (unpaired) electrons. The third kappa shape index (κ3) is 29.8. The first-order valence-corrected chi connectivity index (χ1v) is 36.0. The Labute approximate surface area is 674 Å². The number of ketones is 2. The summed E-state index contributed by atoms with van der Waals surface area (Å²) in [5, 5.41) is 43.0. The predicted molar refractivity (Wildman–Crippen MR) is 404 cm³/mol. The first kappa shape index (κ1) is 94.6. The van der Waals surface area contributed by atoms with Crippen LogP contribution in [0.4, 0.5) is 52.7 Å². The van der Waals surface area contributed by atoms with Gasteiger partial charge in [-0.25, -0.2) is 0 Å². The van der Waals surface area contributed by atoms with Crippen LogP contribution in [0.2, 0.25) is 0 Å². The van der Waals surface area contributed by atoms with E-state index in [2.05, 4.69) is 16.0 Å². The molecular weight excluding hydrogens is 1500 g/mol. The second-order valence-corrected chi connectivity index (χ2v) is 28.1. The first-order chi connectivity index (χ1) is 52.3. The number of carbonyl (C=O) groups excluding carboxylic acids is 5. The molecular formula is C85H91BF12N4NaO10. The molecule has 6 unspecified atom stereocenters. The van der Waals surface area contributed by atoms with Crippen molar-refractivity contribution < 1.29 is 133 Å². The SMILES string of the molecule is CO.Cc1cc(-c2cccc(CN)c2)cc(C(F)(F)F)c1.Cc1cc(-c2cccc(CNC(=O)C3CCC(=O)C3)c2)cc(C(F)(F)F)c1.Cc1cc(-c2cccc(CNC(=O)C3CCC(O)C3)c2)cc(C(F)(F)F)c1.Cc1cc(-c2cccc(CNC(=O)C3CCC(O)C3)c2)cc(C(F)(F)F)c1.O=C1CCC(C(=O)O)C1.[B].[H-].[Na+]. The summed E-state index contributed by atoms with van der Waals surface area (Å²) in [7, 11) is 1.00. The number of nitrogens with two attached hydrogens (primary N) is 1. The van der Waals surface area contributed by atoms with E-state index >= 15 is 0 Å². The number of aliphatic hydroxyl groups excluding tert-OH is 3. The van der Waals surface area contributed by atoms with Crippen LogP contribution in [0.1, 0.15) is 145 Å². The summed E-state index contributed by atoms with van der Waals surface area (Å²) in [4.78, 5) is 68.5. The molecule has 28 heteroatoms. The third-order valence-corrected chi connectivity index (χ3v) is 19.1. The van der Waals surface area contributed by atoms with Gasteiger partial charge in [-0.05, 0) is 241 Å². The number of nitrogens with one attached hydrogen (secondary N) is 3. The van der Waals surface area contributed by atoms with Gasteiger partial charge in [0.2, 0.25) is 17.7 Å². The van der Waals surface area contributed by atoms with Crippen molar-refractivity contribution in [2.45, 2.75) is 168 Å². The molecule has 0 saturated heterocycles. The normalized spacial score (nSPS) is 17.7. The summed E-state index contributed by atoms with van der Waals surface area (Å²) in [6.07, 6.45) is -12.2. The molecule has 0 aliphatic heterocycles. The van der Waals surface area contributed by atoms with Crippen LogP contribution < -0.4 is 51.2 Å². The Balaban J connectivity index is 0.000000305. The van der Waals surface area contributed by atoms with Crippen molar-refractivity contribution in [2.75, 3.05) is 7.11 Å². The summed E-state index contributed by atoms with van der Waals surface area (Å²) >= 11 is 0. The second-order valence-electron chi connectivity index (χ2n) is 28.1. The quantitative estimate of drug-likeness (QED) is 0.0354. The van der Waals surface area contributed by atoms with Gasteiger partial charge in [0.1, 0.15) is 11.6 Å². The van der Waals surface area contributed by atoms with E-state index in [-0.39, 0.29) is 106 Å². The largest absolute Gasteiger partial charge is 1.00 e. The fourth-order valence-electron chi connectivity index (χ4n) is 13.4. The molecule has 14 nitrogen and oxygen atoms in total. The van der Waals surface area contributed by atoms with E-state index in [0.29, 0.717) is 145 Å². The van der Waals surface area contributed by atoms with E-state index in [4.69, 9.17) is 15.9 Å². The summed E-state index contributed by atoms with van der Waals surface area (Å²) in [5.41, 5.74) is 13.2. The van der Waals surface area contributed by atoms with Crippen LogP contribution in [0.5, 0.6) is 0 Å². The number of amides is 3. The number of hydrogen-bond acceptors (Lipinski definition) is 10. The molecule has 8 aromatic carbocycles. The van der Waals surface area contributed by atoms with Crippen molar-refractivity contribution in [2.24, 2.45) is 29.4 Å². The molecule has 9 N–H and O–H groups in total. The van der Waals surface area contributed by atoms with E-state index in [9.17, 15) is 91.7 Å². The first-order valence-electron chi connectivity index (χ1n) is 36.0. The Morgan fingerprint density at radius 2 is 0.655 bits per heavy atom. The van der Waals surface area contributed by atoms with Gasteiger partial charge in [-0.2, -0.15) is 52.7 Å². The number of hydrogen-bond donors (Lipinski definition) is 8. The second kappa shape index (κ2) is 43.0. The Hall–Kier alpha value is -8.96. The number of rotatable bonds is 15. The smallest absolute Gasteiger partial charge is 1.00 e. The van der Waals surface area contributed by atoms with E-state index in [1.165, 1.54) is 6.07 Å². The van der Waals surface area contributed by atoms with Crippen molar-refractivity contribution >= 4 is 43.7 Å². The van der Waals surface area contributed by atoms with Gasteiger partial charge < -0.3 is 43.5 Å². The molecule has 0 spiro atoms. The molecule has 6 atom stereocenters. The maximum Gasteiger partial charge on any atom is 1.00 e. The van der Waals surface area contributed by atoms with E-state index in [1.807, 2.05) is 30.3 Å². The van der Waals surface area contributed by atoms with Crippen LogP contribution in [0.3, 0.4) is 0 Å². The van der Waals surface area contributed by atoms with Crippen LogP contribution >= 0.6 is 0 Å². The maximum absolute atomic E-state index is 13.1. The molecule has 113 heavy (non-hydrogen) atoms. The molecule has 4 aliphatic rings. The Morgan fingerprint density at radius 3 is 0.885 bits per heavy atom. The molecule has 0 bridgehead atoms. The van der Waals surface area contributed by atoms with Gasteiger partial charge in [0.25, 0.3) is 0 Å². The van der Waals surface area contributed by atoms with E-state index in [0.717, 1.165) is 77.4 Å². The van der Waals surface area contributed by atoms with Gasteiger partial charge in [-0.3, -0.25) is 28.8 Å². The van der Waals surface area contributed by atoms with Crippen molar-refractivity contribution in [3.05, 3.63) is 237 Å². The number of carboxylic acid groups (broad SMARTS) is 1. The van der Waals surface area contributed by atoms with Crippen LogP contribution in [-0.2, 0) is 79.7 Å². The van der Waals surface area contributed by atoms with Crippen LogP contribution in [-0.4, -0.2) is 83.4 Å². The zero-order chi connectivity index (χ0) is 81.7. The number of carbonyl (C=O) groups is 6. The molecule has 4 fully saturated rings.